The highest BCUT2D eigenvalue weighted by Crippen LogP contribution is 2.30. The number of rotatable bonds is 2. The van der Waals surface area contributed by atoms with Crippen molar-refractivity contribution in [1.29, 1.82) is 0 Å². The summed E-state index contributed by atoms with van der Waals surface area (Å²) < 4.78 is 38.4. The molecule has 0 spiro atoms. The van der Waals surface area contributed by atoms with Crippen LogP contribution in [0.5, 0.6) is 0 Å². The van der Waals surface area contributed by atoms with Gasteiger partial charge in [-0.05, 0) is 52.3 Å². The number of hydrogen-bond donors (Lipinski definition) is 1. The van der Waals surface area contributed by atoms with Crippen LogP contribution < -0.4 is 5.32 Å². The Bertz CT molecular complexity index is 688. The molecule has 0 aliphatic heterocycles. The summed E-state index contributed by atoms with van der Waals surface area (Å²) in [7, 11) is 0. The lowest BCUT2D eigenvalue weighted by molar-refractivity contribution is -0.137. The highest BCUT2D eigenvalue weighted by molar-refractivity contribution is 9.10. The van der Waals surface area contributed by atoms with E-state index >= 15 is 0 Å². The number of anilines is 1. The number of benzene rings is 2. The lowest BCUT2D eigenvalue weighted by atomic mass is 10.1. The molecule has 1 N–H and O–H groups in total. The summed E-state index contributed by atoms with van der Waals surface area (Å²) in [6, 6.07) is 8.91. The molecule has 0 saturated carbocycles. The van der Waals surface area contributed by atoms with Crippen molar-refractivity contribution < 1.29 is 18.0 Å². The second-order valence-electron chi connectivity index (χ2n) is 4.16. The molecular weight excluding hydrogens is 371 g/mol. The van der Waals surface area contributed by atoms with E-state index in [0.29, 0.717) is 15.2 Å². The number of amides is 1. The van der Waals surface area contributed by atoms with E-state index in [1.54, 1.807) is 18.2 Å². The molecule has 2 nitrogen and oxygen atoms in total. The summed E-state index contributed by atoms with van der Waals surface area (Å²) >= 11 is 8.99. The predicted molar refractivity (Wildman–Crippen MR) is 78.5 cm³/mol. The van der Waals surface area contributed by atoms with Crippen molar-refractivity contribution in [3.63, 3.8) is 0 Å². The van der Waals surface area contributed by atoms with E-state index in [1.807, 2.05) is 0 Å². The van der Waals surface area contributed by atoms with Crippen LogP contribution in [0.25, 0.3) is 0 Å². The first-order chi connectivity index (χ1) is 9.77. The van der Waals surface area contributed by atoms with Crippen molar-refractivity contribution in [2.45, 2.75) is 6.18 Å². The van der Waals surface area contributed by atoms with Gasteiger partial charge in [0.2, 0.25) is 0 Å². The van der Waals surface area contributed by atoms with E-state index in [0.717, 1.165) is 12.1 Å². The molecule has 0 bridgehead atoms. The van der Waals surface area contributed by atoms with Gasteiger partial charge in [0.15, 0.2) is 0 Å². The molecule has 0 saturated heterocycles. The lowest BCUT2D eigenvalue weighted by Crippen LogP contribution is -2.14. The summed E-state index contributed by atoms with van der Waals surface area (Å²) in [6.45, 7) is 0. The normalized spacial score (nSPS) is 11.3. The van der Waals surface area contributed by atoms with Crippen LogP contribution in [-0.2, 0) is 6.18 Å². The minimum atomic E-state index is -4.49. The molecule has 21 heavy (non-hydrogen) atoms. The van der Waals surface area contributed by atoms with E-state index in [4.69, 9.17) is 11.6 Å². The zero-order valence-corrected chi connectivity index (χ0v) is 12.7. The minimum absolute atomic E-state index is 0.0772. The van der Waals surface area contributed by atoms with Crippen LogP contribution in [0, 0.1) is 0 Å². The molecule has 110 valence electrons. The zero-order chi connectivity index (χ0) is 15.6. The molecule has 0 atom stereocenters. The van der Waals surface area contributed by atoms with Gasteiger partial charge in [-0.2, -0.15) is 13.2 Å². The molecule has 0 unspecified atom stereocenters. The van der Waals surface area contributed by atoms with Crippen LogP contribution >= 0.6 is 27.5 Å². The van der Waals surface area contributed by atoms with Gasteiger partial charge in [0.25, 0.3) is 5.91 Å². The summed E-state index contributed by atoms with van der Waals surface area (Å²) in [6.07, 6.45) is -4.49. The molecule has 7 heteroatoms. The smallest absolute Gasteiger partial charge is 0.321 e. The van der Waals surface area contributed by atoms with Crippen molar-refractivity contribution in [3.8, 4) is 0 Å². The molecule has 0 aliphatic carbocycles. The summed E-state index contributed by atoms with van der Waals surface area (Å²) in [5, 5.41) is 2.99. The molecule has 0 heterocycles. The van der Waals surface area contributed by atoms with E-state index in [1.165, 1.54) is 12.1 Å². The van der Waals surface area contributed by atoms with Crippen LogP contribution in [-0.4, -0.2) is 5.91 Å². The van der Waals surface area contributed by atoms with Crippen molar-refractivity contribution >= 4 is 39.1 Å². The Balaban J connectivity index is 2.25. The molecule has 0 aromatic heterocycles. The van der Waals surface area contributed by atoms with Gasteiger partial charge >= 0.3 is 6.18 Å². The van der Waals surface area contributed by atoms with Crippen molar-refractivity contribution in [1.82, 2.24) is 0 Å². The van der Waals surface area contributed by atoms with Crippen LogP contribution in [0.15, 0.2) is 46.9 Å². The third kappa shape index (κ3) is 3.98. The Morgan fingerprint density at radius 2 is 1.86 bits per heavy atom. The molecule has 0 fully saturated rings. The first kappa shape index (κ1) is 15.9. The van der Waals surface area contributed by atoms with Crippen molar-refractivity contribution in [3.05, 3.63) is 63.1 Å². The maximum atomic E-state index is 12.6. The van der Waals surface area contributed by atoms with Gasteiger partial charge in [-0.3, -0.25) is 4.79 Å². The van der Waals surface area contributed by atoms with Gasteiger partial charge in [-0.1, -0.05) is 17.7 Å². The van der Waals surface area contributed by atoms with Crippen molar-refractivity contribution in [2.75, 3.05) is 5.32 Å². The standard InChI is InChI=1S/C14H8BrClF3NO/c15-11-7-10(16)4-5-12(11)20-13(21)8-2-1-3-9(6-8)14(17,18)19/h1-7H,(H,20,21). The van der Waals surface area contributed by atoms with Crippen LogP contribution in [0.1, 0.15) is 15.9 Å². The molecule has 2 rings (SSSR count). The van der Waals surface area contributed by atoms with Gasteiger partial charge in [0.1, 0.15) is 0 Å². The molecule has 2 aromatic rings. The average Bonchev–Trinajstić information content (AvgIpc) is 2.41. The Morgan fingerprint density at radius 1 is 1.14 bits per heavy atom. The van der Waals surface area contributed by atoms with Crippen LogP contribution in [0.3, 0.4) is 0 Å². The SMILES string of the molecule is O=C(Nc1ccc(Cl)cc1Br)c1cccc(C(F)(F)F)c1. The monoisotopic (exact) mass is 377 g/mol. The summed E-state index contributed by atoms with van der Waals surface area (Å²) in [5.74, 6) is -0.635. The maximum Gasteiger partial charge on any atom is 0.416 e. The highest BCUT2D eigenvalue weighted by Gasteiger charge is 2.30. The Labute approximate surface area is 132 Å². The molecule has 0 radical (unpaired) electrons. The fraction of sp³-hybridized carbons (Fsp3) is 0.0714. The van der Waals surface area contributed by atoms with E-state index in [2.05, 4.69) is 21.2 Å². The average molecular weight is 379 g/mol. The lowest BCUT2D eigenvalue weighted by Gasteiger charge is -2.10. The Hall–Kier alpha value is -1.53. The number of nitrogens with one attached hydrogen (secondary N) is 1. The van der Waals surface area contributed by atoms with Gasteiger partial charge in [-0.25, -0.2) is 0 Å². The predicted octanol–water partition coefficient (Wildman–Crippen LogP) is 5.37. The second-order valence-corrected chi connectivity index (χ2v) is 5.45. The first-order valence-corrected chi connectivity index (χ1v) is 6.88. The summed E-state index contributed by atoms with van der Waals surface area (Å²) in [4.78, 5) is 12.0. The largest absolute Gasteiger partial charge is 0.416 e. The summed E-state index contributed by atoms with van der Waals surface area (Å²) in [5.41, 5.74) is -0.529. The number of carbonyl (C=O) groups is 1. The quantitative estimate of drug-likeness (QED) is 0.747. The topological polar surface area (TPSA) is 29.1 Å². The molecule has 2 aromatic carbocycles. The third-order valence-electron chi connectivity index (χ3n) is 2.63. The molecule has 1 amide bonds. The maximum absolute atomic E-state index is 12.6. The number of hydrogen-bond acceptors (Lipinski definition) is 1. The third-order valence-corrected chi connectivity index (χ3v) is 3.52. The number of halogens is 5. The number of carbonyl (C=O) groups excluding carboxylic acids is 1. The molecular formula is C14H8BrClF3NO. The van der Waals surface area contributed by atoms with Gasteiger partial charge in [0.05, 0.1) is 11.3 Å². The Morgan fingerprint density at radius 3 is 2.48 bits per heavy atom. The van der Waals surface area contributed by atoms with Gasteiger partial charge in [0, 0.05) is 15.1 Å². The van der Waals surface area contributed by atoms with Crippen LogP contribution in [0.2, 0.25) is 5.02 Å². The van der Waals surface area contributed by atoms with Crippen LogP contribution in [0.4, 0.5) is 18.9 Å². The Kier molecular flexibility index (Phi) is 4.58. The number of alkyl halides is 3. The van der Waals surface area contributed by atoms with Gasteiger partial charge in [-0.15, -0.1) is 0 Å². The fourth-order valence-electron chi connectivity index (χ4n) is 1.62. The zero-order valence-electron chi connectivity index (χ0n) is 10.3. The van der Waals surface area contributed by atoms with E-state index in [-0.39, 0.29) is 5.56 Å². The minimum Gasteiger partial charge on any atom is -0.321 e. The first-order valence-electron chi connectivity index (χ1n) is 5.71. The molecule has 0 aliphatic rings. The van der Waals surface area contributed by atoms with E-state index < -0.39 is 17.6 Å². The second kappa shape index (κ2) is 6.07. The fourth-order valence-corrected chi connectivity index (χ4v) is 2.40. The van der Waals surface area contributed by atoms with E-state index in [9.17, 15) is 18.0 Å². The van der Waals surface area contributed by atoms with Gasteiger partial charge < -0.3 is 5.32 Å². The highest BCUT2D eigenvalue weighted by atomic mass is 79.9. The van der Waals surface area contributed by atoms with Crippen molar-refractivity contribution in [2.24, 2.45) is 0 Å².